The Morgan fingerprint density at radius 3 is 2.62 bits per heavy atom. The molecule has 86 valence electrons. The van der Waals surface area contributed by atoms with Gasteiger partial charge in [0.25, 0.3) is 0 Å². The van der Waals surface area contributed by atoms with Crippen molar-refractivity contribution in [3.05, 3.63) is 41.6 Å². The summed E-state index contributed by atoms with van der Waals surface area (Å²) in [5.41, 5.74) is 5.45. The van der Waals surface area contributed by atoms with E-state index < -0.39 is 0 Å². The summed E-state index contributed by atoms with van der Waals surface area (Å²) in [6.45, 7) is 10.9. The van der Waals surface area contributed by atoms with Crippen LogP contribution in [0.15, 0.2) is 30.5 Å². The van der Waals surface area contributed by atoms with Crippen LogP contribution in [0.4, 0.5) is 5.69 Å². The summed E-state index contributed by atoms with van der Waals surface area (Å²) < 4.78 is 0. The number of fused-ring (bicyclic) bond motifs is 1. The van der Waals surface area contributed by atoms with Crippen LogP contribution in [-0.2, 0) is 11.8 Å². The average molecular weight is 215 g/mol. The summed E-state index contributed by atoms with van der Waals surface area (Å²) in [5, 5.41) is 0. The maximum atomic E-state index is 4.20. The SMILES string of the molecule is C=C1N(C)c2ccc(CCC)cc2C1(C)C. The zero-order valence-electron chi connectivity index (χ0n) is 10.8. The van der Waals surface area contributed by atoms with Crippen LogP contribution in [0.2, 0.25) is 0 Å². The second-order valence-corrected chi connectivity index (χ2v) is 5.23. The van der Waals surface area contributed by atoms with Crippen LogP contribution in [0.25, 0.3) is 0 Å². The summed E-state index contributed by atoms with van der Waals surface area (Å²) >= 11 is 0. The molecule has 1 heteroatoms. The van der Waals surface area contributed by atoms with Gasteiger partial charge < -0.3 is 4.90 Å². The van der Waals surface area contributed by atoms with Crippen molar-refractivity contribution >= 4 is 5.69 Å². The monoisotopic (exact) mass is 215 g/mol. The lowest BCUT2D eigenvalue weighted by Gasteiger charge is -2.22. The molecule has 1 aromatic rings. The first-order valence-corrected chi connectivity index (χ1v) is 6.05. The lowest BCUT2D eigenvalue weighted by Crippen LogP contribution is -2.21. The second-order valence-electron chi connectivity index (χ2n) is 5.23. The molecule has 0 radical (unpaired) electrons. The highest BCUT2D eigenvalue weighted by molar-refractivity contribution is 5.69. The van der Waals surface area contributed by atoms with Gasteiger partial charge in [0.15, 0.2) is 0 Å². The molecule has 0 aliphatic carbocycles. The number of hydrogen-bond acceptors (Lipinski definition) is 1. The minimum absolute atomic E-state index is 0.0772. The Balaban J connectivity index is 2.52. The smallest absolute Gasteiger partial charge is 0.0447 e. The molecule has 0 N–H and O–H groups in total. The number of anilines is 1. The van der Waals surface area contributed by atoms with Gasteiger partial charge in [-0.25, -0.2) is 0 Å². The molecule has 0 unspecified atom stereocenters. The van der Waals surface area contributed by atoms with Crippen molar-refractivity contribution in [2.75, 3.05) is 11.9 Å². The zero-order valence-corrected chi connectivity index (χ0v) is 10.8. The Hall–Kier alpha value is -1.24. The standard InChI is InChI=1S/C15H21N/c1-6-7-12-8-9-14-13(10-12)15(3,4)11(2)16(14)5/h8-10H,2,6-7H2,1,3-5H3. The Morgan fingerprint density at radius 1 is 1.31 bits per heavy atom. The number of benzene rings is 1. The highest BCUT2D eigenvalue weighted by atomic mass is 15.1. The predicted molar refractivity (Wildman–Crippen MR) is 71.0 cm³/mol. The van der Waals surface area contributed by atoms with Crippen LogP contribution in [0.5, 0.6) is 0 Å². The fourth-order valence-corrected chi connectivity index (χ4v) is 2.54. The van der Waals surface area contributed by atoms with Crippen molar-refractivity contribution < 1.29 is 0 Å². The topological polar surface area (TPSA) is 3.24 Å². The molecule has 0 saturated carbocycles. The third-order valence-corrected chi connectivity index (χ3v) is 3.76. The highest BCUT2D eigenvalue weighted by Crippen LogP contribution is 2.46. The van der Waals surface area contributed by atoms with Crippen LogP contribution in [-0.4, -0.2) is 7.05 Å². The Morgan fingerprint density at radius 2 is 2.00 bits per heavy atom. The molecule has 2 rings (SSSR count). The van der Waals surface area contributed by atoms with Crippen molar-refractivity contribution in [3.8, 4) is 0 Å². The molecule has 1 aliphatic heterocycles. The molecule has 0 amide bonds. The first kappa shape index (κ1) is 11.3. The fourth-order valence-electron chi connectivity index (χ4n) is 2.54. The lowest BCUT2D eigenvalue weighted by molar-refractivity contribution is 0.642. The first-order chi connectivity index (χ1) is 7.48. The van der Waals surface area contributed by atoms with Crippen LogP contribution < -0.4 is 4.90 Å². The summed E-state index contributed by atoms with van der Waals surface area (Å²) in [5.74, 6) is 0. The van der Waals surface area contributed by atoms with Crippen LogP contribution in [0, 0.1) is 0 Å². The van der Waals surface area contributed by atoms with E-state index in [9.17, 15) is 0 Å². The van der Waals surface area contributed by atoms with Gasteiger partial charge in [0.05, 0.1) is 0 Å². The van der Waals surface area contributed by atoms with Crippen molar-refractivity contribution in [3.63, 3.8) is 0 Å². The van der Waals surface area contributed by atoms with Crippen molar-refractivity contribution in [2.24, 2.45) is 0 Å². The van der Waals surface area contributed by atoms with E-state index in [0.29, 0.717) is 0 Å². The van der Waals surface area contributed by atoms with E-state index in [1.807, 2.05) is 0 Å². The van der Waals surface area contributed by atoms with E-state index in [-0.39, 0.29) is 5.41 Å². The zero-order chi connectivity index (χ0) is 11.9. The third-order valence-electron chi connectivity index (χ3n) is 3.76. The number of aryl methyl sites for hydroxylation is 1. The van der Waals surface area contributed by atoms with Crippen molar-refractivity contribution in [2.45, 2.75) is 39.0 Å². The molecule has 0 fully saturated rings. The third kappa shape index (κ3) is 1.46. The van der Waals surface area contributed by atoms with E-state index in [4.69, 9.17) is 0 Å². The van der Waals surface area contributed by atoms with E-state index in [1.165, 1.54) is 35.4 Å². The summed E-state index contributed by atoms with van der Waals surface area (Å²) in [7, 11) is 2.11. The van der Waals surface area contributed by atoms with E-state index in [0.717, 1.165) is 0 Å². The Kier molecular flexibility index (Phi) is 2.57. The lowest BCUT2D eigenvalue weighted by atomic mass is 9.83. The normalized spacial score (nSPS) is 17.8. The van der Waals surface area contributed by atoms with Gasteiger partial charge in [-0.05, 0) is 23.6 Å². The number of rotatable bonds is 2. The van der Waals surface area contributed by atoms with Gasteiger partial charge in [-0.2, -0.15) is 0 Å². The minimum atomic E-state index is 0.0772. The second kappa shape index (κ2) is 3.65. The number of nitrogens with zero attached hydrogens (tertiary/aromatic N) is 1. The quantitative estimate of drug-likeness (QED) is 0.723. The van der Waals surface area contributed by atoms with Crippen LogP contribution in [0.1, 0.15) is 38.3 Å². The van der Waals surface area contributed by atoms with Crippen LogP contribution in [0.3, 0.4) is 0 Å². The van der Waals surface area contributed by atoms with Gasteiger partial charge in [0, 0.05) is 23.8 Å². The fraction of sp³-hybridized carbons (Fsp3) is 0.467. The molecular weight excluding hydrogens is 194 g/mol. The molecular formula is C15H21N. The molecule has 1 aromatic carbocycles. The average Bonchev–Trinajstić information content (AvgIpc) is 2.42. The molecule has 0 spiro atoms. The van der Waals surface area contributed by atoms with Gasteiger partial charge in [-0.3, -0.25) is 0 Å². The van der Waals surface area contributed by atoms with Gasteiger partial charge in [0.1, 0.15) is 0 Å². The van der Waals surface area contributed by atoms with Crippen LogP contribution >= 0.6 is 0 Å². The van der Waals surface area contributed by atoms with Gasteiger partial charge in [-0.1, -0.05) is 45.9 Å². The number of hydrogen-bond donors (Lipinski definition) is 0. The van der Waals surface area contributed by atoms with Crippen molar-refractivity contribution in [1.82, 2.24) is 0 Å². The molecule has 1 nitrogen and oxygen atoms in total. The highest BCUT2D eigenvalue weighted by Gasteiger charge is 2.36. The first-order valence-electron chi connectivity index (χ1n) is 6.05. The molecule has 16 heavy (non-hydrogen) atoms. The van der Waals surface area contributed by atoms with Gasteiger partial charge in [-0.15, -0.1) is 0 Å². The molecule has 1 aliphatic rings. The maximum absolute atomic E-state index is 4.20. The number of likely N-dealkylation sites (N-methyl/N-ethyl adjacent to an activating group) is 1. The predicted octanol–water partition coefficient (Wildman–Crippen LogP) is 3.88. The molecule has 0 bridgehead atoms. The van der Waals surface area contributed by atoms with Crippen molar-refractivity contribution in [1.29, 1.82) is 0 Å². The van der Waals surface area contributed by atoms with Gasteiger partial charge in [0.2, 0.25) is 0 Å². The summed E-state index contributed by atoms with van der Waals surface area (Å²) in [4.78, 5) is 2.21. The van der Waals surface area contributed by atoms with E-state index in [1.54, 1.807) is 0 Å². The molecule has 0 saturated heterocycles. The van der Waals surface area contributed by atoms with E-state index >= 15 is 0 Å². The Bertz CT molecular complexity index is 429. The van der Waals surface area contributed by atoms with E-state index in [2.05, 4.69) is 57.5 Å². The summed E-state index contributed by atoms with van der Waals surface area (Å²) in [6.07, 6.45) is 2.37. The maximum Gasteiger partial charge on any atom is 0.0447 e. The molecule has 0 atom stereocenters. The largest absolute Gasteiger partial charge is 0.348 e. The Labute approximate surface area is 98.8 Å². The summed E-state index contributed by atoms with van der Waals surface area (Å²) in [6, 6.07) is 6.83. The minimum Gasteiger partial charge on any atom is -0.348 e. The molecule has 0 aromatic heterocycles. The molecule has 1 heterocycles. The number of allylic oxidation sites excluding steroid dienone is 1. The van der Waals surface area contributed by atoms with Gasteiger partial charge >= 0.3 is 0 Å².